The van der Waals surface area contributed by atoms with Gasteiger partial charge in [0.1, 0.15) is 0 Å². The lowest BCUT2D eigenvalue weighted by Crippen LogP contribution is -2.34. The fourth-order valence-corrected chi connectivity index (χ4v) is 2.86. The normalized spacial score (nSPS) is 17.9. The van der Waals surface area contributed by atoms with Crippen molar-refractivity contribution in [3.05, 3.63) is 0 Å². The van der Waals surface area contributed by atoms with Gasteiger partial charge >= 0.3 is 11.9 Å². The minimum Gasteiger partial charge on any atom is -0.478 e. The van der Waals surface area contributed by atoms with Crippen LogP contribution >= 0.6 is 11.8 Å². The van der Waals surface area contributed by atoms with Gasteiger partial charge in [0.05, 0.1) is 12.5 Å². The Morgan fingerprint density at radius 1 is 1.27 bits per heavy atom. The van der Waals surface area contributed by atoms with Crippen LogP contribution in [-0.2, 0) is 23.9 Å². The molecule has 0 radical (unpaired) electrons. The molecule has 126 valence electrons. The van der Waals surface area contributed by atoms with Crippen LogP contribution < -0.4 is 0 Å². The van der Waals surface area contributed by atoms with Crippen molar-refractivity contribution < 1.29 is 29.0 Å². The van der Waals surface area contributed by atoms with E-state index in [9.17, 15) is 14.4 Å². The first-order chi connectivity index (χ1) is 10.4. The summed E-state index contributed by atoms with van der Waals surface area (Å²) in [6.45, 7) is 3.40. The first kappa shape index (κ1) is 19.0. The van der Waals surface area contributed by atoms with Crippen molar-refractivity contribution in [2.45, 2.75) is 45.6 Å². The molecule has 1 N–H and O–H groups in total. The van der Waals surface area contributed by atoms with Gasteiger partial charge in [0.15, 0.2) is 5.12 Å². The smallest absolute Gasteiger partial charge is 0.347 e. The van der Waals surface area contributed by atoms with Gasteiger partial charge < -0.3 is 14.6 Å². The third kappa shape index (κ3) is 7.26. The lowest BCUT2D eigenvalue weighted by Gasteiger charge is -2.18. The van der Waals surface area contributed by atoms with Gasteiger partial charge in [-0.1, -0.05) is 31.5 Å². The molecule has 1 rings (SSSR count). The maximum Gasteiger partial charge on any atom is 0.347 e. The van der Waals surface area contributed by atoms with Crippen molar-refractivity contribution in [1.29, 1.82) is 0 Å². The van der Waals surface area contributed by atoms with E-state index < -0.39 is 24.0 Å². The highest BCUT2D eigenvalue weighted by Crippen LogP contribution is 2.24. The van der Waals surface area contributed by atoms with Crippen molar-refractivity contribution in [2.24, 2.45) is 11.8 Å². The van der Waals surface area contributed by atoms with E-state index in [1.807, 2.05) is 0 Å². The van der Waals surface area contributed by atoms with Crippen LogP contribution in [0.1, 0.15) is 39.5 Å². The van der Waals surface area contributed by atoms with Crippen LogP contribution in [0, 0.1) is 11.8 Å². The summed E-state index contributed by atoms with van der Waals surface area (Å²) in [7, 11) is 0. The van der Waals surface area contributed by atoms with E-state index in [2.05, 4.69) is 0 Å². The lowest BCUT2D eigenvalue weighted by atomic mass is 10.1. The van der Waals surface area contributed by atoms with Crippen molar-refractivity contribution in [1.82, 2.24) is 0 Å². The van der Waals surface area contributed by atoms with Crippen LogP contribution in [0.5, 0.6) is 0 Å². The number of thioether (sulfide) groups is 1. The molecule has 2 atom stereocenters. The molecule has 0 bridgehead atoms. The van der Waals surface area contributed by atoms with E-state index in [0.717, 1.165) is 24.6 Å². The average molecular weight is 332 g/mol. The molecule has 0 aromatic carbocycles. The monoisotopic (exact) mass is 332 g/mol. The van der Waals surface area contributed by atoms with Gasteiger partial charge in [-0.15, -0.1) is 0 Å². The number of carboxylic acids is 1. The fraction of sp³-hybridized carbons (Fsp3) is 0.800. The Bertz CT molecular complexity index is 391. The van der Waals surface area contributed by atoms with Crippen LogP contribution in [0.2, 0.25) is 0 Å². The maximum absolute atomic E-state index is 11.8. The van der Waals surface area contributed by atoms with Gasteiger partial charge in [-0.25, -0.2) is 4.79 Å². The van der Waals surface area contributed by atoms with Crippen LogP contribution in [0.25, 0.3) is 0 Å². The van der Waals surface area contributed by atoms with Gasteiger partial charge in [-0.3, -0.25) is 9.59 Å². The zero-order valence-corrected chi connectivity index (χ0v) is 13.9. The molecule has 0 aliphatic heterocycles. The molecule has 1 fully saturated rings. The van der Waals surface area contributed by atoms with E-state index in [1.165, 1.54) is 19.8 Å². The van der Waals surface area contributed by atoms with Gasteiger partial charge in [0.2, 0.25) is 6.10 Å². The minimum absolute atomic E-state index is 0.0886. The molecular formula is C15H24O6S. The molecule has 22 heavy (non-hydrogen) atoms. The largest absolute Gasteiger partial charge is 0.478 e. The van der Waals surface area contributed by atoms with Crippen LogP contribution in [0.4, 0.5) is 0 Å². The van der Waals surface area contributed by atoms with Gasteiger partial charge in [-0.05, 0) is 18.8 Å². The van der Waals surface area contributed by atoms with Crippen LogP contribution in [0.3, 0.4) is 0 Å². The van der Waals surface area contributed by atoms with Crippen molar-refractivity contribution in [3.63, 3.8) is 0 Å². The van der Waals surface area contributed by atoms with Gasteiger partial charge in [0.25, 0.3) is 0 Å². The second-order valence-corrected chi connectivity index (χ2v) is 6.85. The summed E-state index contributed by atoms with van der Waals surface area (Å²) >= 11 is 1.02. The number of ether oxygens (including phenoxy) is 2. The van der Waals surface area contributed by atoms with E-state index in [-0.39, 0.29) is 17.5 Å². The Morgan fingerprint density at radius 3 is 2.45 bits per heavy atom. The minimum atomic E-state index is -1.29. The predicted octanol–water partition coefficient (Wildman–Crippen LogP) is 2.11. The third-order valence-electron chi connectivity index (χ3n) is 3.57. The molecule has 0 spiro atoms. The van der Waals surface area contributed by atoms with E-state index in [4.69, 9.17) is 14.6 Å². The molecule has 7 heteroatoms. The first-order valence-corrected chi connectivity index (χ1v) is 8.53. The van der Waals surface area contributed by atoms with Crippen molar-refractivity contribution in [2.75, 3.05) is 19.0 Å². The van der Waals surface area contributed by atoms with Crippen LogP contribution in [-0.4, -0.2) is 47.2 Å². The number of aliphatic carboxylic acids is 1. The Kier molecular flexibility index (Phi) is 8.48. The highest BCUT2D eigenvalue weighted by molar-refractivity contribution is 8.13. The fourth-order valence-electron chi connectivity index (χ4n) is 2.24. The molecule has 0 aromatic rings. The number of hydrogen-bond acceptors (Lipinski definition) is 6. The molecule has 0 amide bonds. The van der Waals surface area contributed by atoms with Crippen molar-refractivity contribution >= 4 is 28.8 Å². The highest BCUT2D eigenvalue weighted by Gasteiger charge is 2.26. The predicted molar refractivity (Wildman–Crippen MR) is 82.6 cm³/mol. The number of carbonyl (C=O) groups excluding carboxylic acids is 2. The number of carbonyl (C=O) groups is 3. The van der Waals surface area contributed by atoms with Crippen LogP contribution in [0.15, 0.2) is 0 Å². The standard InChI is InChI=1S/C15H24O6S/c1-10(9-22-11(2)16)15(19)21-13(14(17)18)8-20-7-12-5-3-4-6-12/h10,12-13H,3-9H2,1-2H3,(H,17,18)/t10-,13+/m1/s1. The van der Waals surface area contributed by atoms with Gasteiger partial charge in [0, 0.05) is 19.3 Å². The summed E-state index contributed by atoms with van der Waals surface area (Å²) in [6, 6.07) is 0. The Balaban J connectivity index is 2.33. The molecule has 0 unspecified atom stereocenters. The quantitative estimate of drug-likeness (QED) is 0.647. The Morgan fingerprint density at radius 2 is 1.91 bits per heavy atom. The molecular weight excluding hydrogens is 308 g/mol. The second-order valence-electron chi connectivity index (χ2n) is 5.66. The summed E-state index contributed by atoms with van der Waals surface area (Å²) in [4.78, 5) is 33.8. The third-order valence-corrected chi connectivity index (χ3v) is 4.64. The zero-order valence-electron chi connectivity index (χ0n) is 13.1. The molecule has 1 aliphatic carbocycles. The lowest BCUT2D eigenvalue weighted by molar-refractivity contribution is -0.170. The number of rotatable bonds is 9. The molecule has 6 nitrogen and oxygen atoms in total. The van der Waals surface area contributed by atoms with E-state index in [0.29, 0.717) is 12.5 Å². The Labute approximate surface area is 134 Å². The summed E-state index contributed by atoms with van der Waals surface area (Å²) < 4.78 is 10.4. The maximum atomic E-state index is 11.8. The molecule has 1 saturated carbocycles. The number of esters is 1. The summed E-state index contributed by atoms with van der Waals surface area (Å²) in [5, 5.41) is 9.01. The topological polar surface area (TPSA) is 89.9 Å². The number of hydrogen-bond donors (Lipinski definition) is 1. The summed E-state index contributed by atoms with van der Waals surface area (Å²) in [6.07, 6.45) is 3.31. The summed E-state index contributed by atoms with van der Waals surface area (Å²) in [5.41, 5.74) is 0. The van der Waals surface area contributed by atoms with E-state index >= 15 is 0 Å². The molecule has 0 heterocycles. The SMILES string of the molecule is CC(=O)SC[C@@H](C)C(=O)O[C@@H](COCC1CCCC1)C(=O)O. The van der Waals surface area contributed by atoms with E-state index in [1.54, 1.807) is 6.92 Å². The summed E-state index contributed by atoms with van der Waals surface area (Å²) in [5.74, 6) is -1.61. The highest BCUT2D eigenvalue weighted by atomic mass is 32.2. The molecule has 0 aromatic heterocycles. The first-order valence-electron chi connectivity index (χ1n) is 7.54. The second kappa shape index (κ2) is 9.84. The average Bonchev–Trinajstić information content (AvgIpc) is 2.96. The number of carboxylic acid groups (broad SMARTS) is 1. The molecule has 0 saturated heterocycles. The van der Waals surface area contributed by atoms with Crippen molar-refractivity contribution in [3.8, 4) is 0 Å². The Hall–Kier alpha value is -1.08. The zero-order chi connectivity index (χ0) is 16.5. The molecule has 1 aliphatic rings. The van der Waals surface area contributed by atoms with Gasteiger partial charge in [-0.2, -0.15) is 0 Å².